The van der Waals surface area contributed by atoms with Crippen molar-refractivity contribution in [3.8, 4) is 0 Å². The van der Waals surface area contributed by atoms with Gasteiger partial charge in [0.15, 0.2) is 0 Å². The Kier molecular flexibility index (Phi) is 4.98. The fourth-order valence-corrected chi connectivity index (χ4v) is 1.99. The van der Waals surface area contributed by atoms with Gasteiger partial charge in [0, 0.05) is 11.7 Å². The minimum atomic E-state index is -0.340. The summed E-state index contributed by atoms with van der Waals surface area (Å²) in [5.74, 6) is -0.406. The zero-order valence-corrected chi connectivity index (χ0v) is 11.7. The van der Waals surface area contributed by atoms with Crippen LogP contribution in [-0.4, -0.2) is 42.5 Å². The molecule has 0 bridgehead atoms. The summed E-state index contributed by atoms with van der Waals surface area (Å²) >= 11 is 0. The molecule has 0 heterocycles. The summed E-state index contributed by atoms with van der Waals surface area (Å²) in [5, 5.41) is 3.07. The predicted molar refractivity (Wildman–Crippen MR) is 76.3 cm³/mol. The number of ether oxygens (including phenoxy) is 1. The molecule has 0 aliphatic heterocycles. The summed E-state index contributed by atoms with van der Waals surface area (Å²) in [6, 6.07) is 9.74. The van der Waals surface area contributed by atoms with Crippen LogP contribution in [0.15, 0.2) is 30.3 Å². The molecule has 0 spiro atoms. The molecule has 5 nitrogen and oxygen atoms in total. The smallest absolute Gasteiger partial charge is 0.325 e. The Hall–Kier alpha value is -2.04. The first kappa shape index (κ1) is 14.4. The fourth-order valence-electron chi connectivity index (χ4n) is 1.99. The Morgan fingerprint density at radius 2 is 2.00 bits per heavy atom. The molecular formula is C15H20N2O3. The average Bonchev–Trinajstić information content (AvgIpc) is 3.28. The summed E-state index contributed by atoms with van der Waals surface area (Å²) in [6.45, 7) is 2.35. The van der Waals surface area contributed by atoms with Crippen molar-refractivity contribution >= 4 is 17.6 Å². The molecule has 20 heavy (non-hydrogen) atoms. The Morgan fingerprint density at radius 1 is 1.30 bits per heavy atom. The zero-order chi connectivity index (χ0) is 14.4. The maximum atomic E-state index is 12.2. The number of rotatable bonds is 7. The molecule has 0 radical (unpaired) electrons. The number of para-hydroxylation sites is 1. The largest absolute Gasteiger partial charge is 0.465 e. The van der Waals surface area contributed by atoms with Gasteiger partial charge in [0.05, 0.1) is 13.2 Å². The molecule has 1 saturated carbocycles. The Labute approximate surface area is 118 Å². The third kappa shape index (κ3) is 4.26. The molecule has 1 aliphatic rings. The summed E-state index contributed by atoms with van der Waals surface area (Å²) in [6.07, 6.45) is 1.94. The molecule has 1 fully saturated rings. The fraction of sp³-hybridized carbons (Fsp3) is 0.467. The van der Waals surface area contributed by atoms with E-state index in [0.29, 0.717) is 6.61 Å². The van der Waals surface area contributed by atoms with E-state index in [2.05, 4.69) is 5.32 Å². The van der Waals surface area contributed by atoms with E-state index >= 15 is 0 Å². The van der Waals surface area contributed by atoms with E-state index in [1.54, 1.807) is 11.8 Å². The van der Waals surface area contributed by atoms with Crippen molar-refractivity contribution in [1.29, 1.82) is 0 Å². The van der Waals surface area contributed by atoms with Crippen molar-refractivity contribution in [1.82, 2.24) is 4.90 Å². The molecular weight excluding hydrogens is 256 g/mol. The number of nitrogens with one attached hydrogen (secondary N) is 1. The number of carbonyl (C=O) groups excluding carboxylic acids is 2. The van der Waals surface area contributed by atoms with Crippen molar-refractivity contribution in [2.24, 2.45) is 0 Å². The second kappa shape index (κ2) is 6.93. The molecule has 1 aliphatic carbocycles. The highest BCUT2D eigenvalue weighted by Gasteiger charge is 2.33. The monoisotopic (exact) mass is 276 g/mol. The lowest BCUT2D eigenvalue weighted by atomic mass is 10.3. The van der Waals surface area contributed by atoms with E-state index in [-0.39, 0.29) is 31.0 Å². The number of esters is 1. The molecule has 0 unspecified atom stereocenters. The molecule has 1 aromatic rings. The van der Waals surface area contributed by atoms with Gasteiger partial charge in [-0.2, -0.15) is 0 Å². The van der Waals surface area contributed by atoms with Crippen LogP contribution >= 0.6 is 0 Å². The molecule has 2 rings (SSSR count). The van der Waals surface area contributed by atoms with Crippen LogP contribution in [-0.2, 0) is 14.3 Å². The summed E-state index contributed by atoms with van der Waals surface area (Å²) in [7, 11) is 0. The lowest BCUT2D eigenvalue weighted by molar-refractivity contribution is -0.148. The van der Waals surface area contributed by atoms with Crippen LogP contribution in [0.5, 0.6) is 0 Å². The molecule has 108 valence electrons. The minimum absolute atomic E-state index is 0.0494. The highest BCUT2D eigenvalue weighted by atomic mass is 16.5. The molecule has 0 aromatic heterocycles. The van der Waals surface area contributed by atoms with Crippen LogP contribution in [0.2, 0.25) is 0 Å². The number of hydrogen-bond acceptors (Lipinski definition) is 4. The van der Waals surface area contributed by atoms with Crippen molar-refractivity contribution in [3.63, 3.8) is 0 Å². The van der Waals surface area contributed by atoms with Crippen LogP contribution in [0.3, 0.4) is 0 Å². The number of amides is 1. The first-order valence-electron chi connectivity index (χ1n) is 6.94. The first-order chi connectivity index (χ1) is 9.70. The lowest BCUT2D eigenvalue weighted by Crippen LogP contribution is -2.41. The van der Waals surface area contributed by atoms with Gasteiger partial charge in [-0.3, -0.25) is 9.59 Å². The van der Waals surface area contributed by atoms with Crippen LogP contribution < -0.4 is 5.32 Å². The topological polar surface area (TPSA) is 58.6 Å². The van der Waals surface area contributed by atoms with Gasteiger partial charge < -0.3 is 15.0 Å². The highest BCUT2D eigenvalue weighted by Crippen LogP contribution is 2.26. The highest BCUT2D eigenvalue weighted by molar-refractivity contribution is 5.85. The van der Waals surface area contributed by atoms with E-state index in [1.807, 2.05) is 30.3 Å². The molecule has 1 aromatic carbocycles. The maximum Gasteiger partial charge on any atom is 0.325 e. The summed E-state index contributed by atoms with van der Waals surface area (Å²) in [5.41, 5.74) is 0.896. The Bertz CT molecular complexity index is 457. The zero-order valence-electron chi connectivity index (χ0n) is 11.7. The van der Waals surface area contributed by atoms with E-state index in [4.69, 9.17) is 4.74 Å². The van der Waals surface area contributed by atoms with Crippen LogP contribution in [0.25, 0.3) is 0 Å². The second-order valence-corrected chi connectivity index (χ2v) is 4.78. The number of benzene rings is 1. The van der Waals surface area contributed by atoms with Gasteiger partial charge in [0.25, 0.3) is 0 Å². The minimum Gasteiger partial charge on any atom is -0.465 e. The van der Waals surface area contributed by atoms with Crippen molar-refractivity contribution in [3.05, 3.63) is 30.3 Å². The van der Waals surface area contributed by atoms with Gasteiger partial charge in [-0.05, 0) is 31.9 Å². The third-order valence-corrected chi connectivity index (χ3v) is 3.13. The summed E-state index contributed by atoms with van der Waals surface area (Å²) < 4.78 is 4.91. The standard InChI is InChI=1S/C15H20N2O3/c1-2-20-15(19)11-17(13-8-9-13)14(18)10-16-12-6-4-3-5-7-12/h3-7,13,16H,2,8-11H2,1H3. The molecule has 1 amide bonds. The number of nitrogens with zero attached hydrogens (tertiary/aromatic N) is 1. The van der Waals surface area contributed by atoms with Crippen molar-refractivity contribution in [2.45, 2.75) is 25.8 Å². The number of carbonyl (C=O) groups is 2. The quantitative estimate of drug-likeness (QED) is 0.769. The molecule has 0 saturated heterocycles. The van der Waals surface area contributed by atoms with Crippen LogP contribution in [0.1, 0.15) is 19.8 Å². The van der Waals surface area contributed by atoms with Gasteiger partial charge >= 0.3 is 5.97 Å². The van der Waals surface area contributed by atoms with E-state index in [1.165, 1.54) is 0 Å². The van der Waals surface area contributed by atoms with Crippen molar-refractivity contribution in [2.75, 3.05) is 25.0 Å². The van der Waals surface area contributed by atoms with Crippen LogP contribution in [0, 0.1) is 0 Å². The molecule has 0 atom stereocenters. The maximum absolute atomic E-state index is 12.2. The van der Waals surface area contributed by atoms with E-state index < -0.39 is 0 Å². The first-order valence-corrected chi connectivity index (χ1v) is 6.94. The SMILES string of the molecule is CCOC(=O)CN(C(=O)CNc1ccccc1)C1CC1. The van der Waals surface area contributed by atoms with Gasteiger partial charge in [0.2, 0.25) is 5.91 Å². The lowest BCUT2D eigenvalue weighted by Gasteiger charge is -2.21. The second-order valence-electron chi connectivity index (χ2n) is 4.78. The van der Waals surface area contributed by atoms with E-state index in [9.17, 15) is 9.59 Å². The van der Waals surface area contributed by atoms with Gasteiger partial charge in [-0.1, -0.05) is 18.2 Å². The Morgan fingerprint density at radius 3 is 2.60 bits per heavy atom. The normalized spacial score (nSPS) is 13.7. The van der Waals surface area contributed by atoms with Gasteiger partial charge in [-0.15, -0.1) is 0 Å². The Balaban J connectivity index is 1.85. The van der Waals surface area contributed by atoms with Crippen molar-refractivity contribution < 1.29 is 14.3 Å². The van der Waals surface area contributed by atoms with Gasteiger partial charge in [0.1, 0.15) is 6.54 Å². The third-order valence-electron chi connectivity index (χ3n) is 3.13. The van der Waals surface area contributed by atoms with E-state index in [0.717, 1.165) is 18.5 Å². The van der Waals surface area contributed by atoms with Crippen LogP contribution in [0.4, 0.5) is 5.69 Å². The average molecular weight is 276 g/mol. The molecule has 1 N–H and O–H groups in total. The molecule has 5 heteroatoms. The number of hydrogen-bond donors (Lipinski definition) is 1. The predicted octanol–water partition coefficient (Wildman–Crippen LogP) is 1.65. The number of anilines is 1. The summed E-state index contributed by atoms with van der Waals surface area (Å²) in [4.78, 5) is 25.3. The van der Waals surface area contributed by atoms with Gasteiger partial charge in [-0.25, -0.2) is 0 Å².